The van der Waals surface area contributed by atoms with Crippen LogP contribution in [0.4, 0.5) is 0 Å². The number of guanidine groups is 1. The lowest BCUT2D eigenvalue weighted by molar-refractivity contribution is 0.0341. The van der Waals surface area contributed by atoms with E-state index < -0.39 is 0 Å². The Bertz CT molecular complexity index is 629. The molecule has 3 rings (SSSR count). The van der Waals surface area contributed by atoms with Crippen molar-refractivity contribution in [1.29, 1.82) is 0 Å². The predicted octanol–water partition coefficient (Wildman–Crippen LogP) is 2.31. The Labute approximate surface area is 176 Å². The quantitative estimate of drug-likeness (QED) is 0.491. The minimum Gasteiger partial charge on any atom is -0.379 e. The van der Waals surface area contributed by atoms with Crippen LogP contribution in [-0.2, 0) is 17.8 Å². The first kappa shape index (κ1) is 22.1. The molecule has 0 spiro atoms. The molecular weight excluding hydrogens is 362 g/mol. The number of hydrogen-bond donors (Lipinski definition) is 2. The number of rotatable bonds is 9. The van der Waals surface area contributed by atoms with Crippen LogP contribution in [0.1, 0.15) is 37.8 Å². The van der Waals surface area contributed by atoms with Gasteiger partial charge in [0.05, 0.1) is 19.8 Å². The second kappa shape index (κ2) is 12.2. The number of likely N-dealkylation sites (tertiary alicyclic amines) is 1. The Morgan fingerprint density at radius 1 is 1.07 bits per heavy atom. The fourth-order valence-corrected chi connectivity index (χ4v) is 4.21. The van der Waals surface area contributed by atoms with E-state index in [4.69, 9.17) is 9.73 Å². The second-order valence-corrected chi connectivity index (χ2v) is 8.19. The molecule has 0 saturated carbocycles. The van der Waals surface area contributed by atoms with Crippen LogP contribution in [0.3, 0.4) is 0 Å². The molecule has 2 N–H and O–H groups in total. The maximum atomic E-state index is 5.48. The molecule has 1 aromatic rings. The fourth-order valence-electron chi connectivity index (χ4n) is 4.21. The van der Waals surface area contributed by atoms with Gasteiger partial charge in [-0.1, -0.05) is 31.2 Å². The Kier molecular flexibility index (Phi) is 9.25. The molecule has 1 aromatic carbocycles. The summed E-state index contributed by atoms with van der Waals surface area (Å²) in [4.78, 5) is 9.94. The van der Waals surface area contributed by atoms with Crippen LogP contribution in [0.2, 0.25) is 0 Å². The third-order valence-corrected chi connectivity index (χ3v) is 5.84. The monoisotopic (exact) mass is 401 g/mol. The largest absolute Gasteiger partial charge is 0.379 e. The first-order valence-electron chi connectivity index (χ1n) is 11.4. The second-order valence-electron chi connectivity index (χ2n) is 8.19. The van der Waals surface area contributed by atoms with E-state index in [0.29, 0.717) is 6.54 Å². The lowest BCUT2D eigenvalue weighted by Crippen LogP contribution is -2.40. The molecule has 6 heteroatoms. The standard InChI is InChI=1S/C23H39N5O/c1-3-10-27-11-9-20(18-27)16-25-23(24-4-2)26-17-21-7-5-6-8-22(21)19-28-12-14-29-15-13-28/h5-8,20H,3-4,9-19H2,1-2H3,(H2,24,25,26). The summed E-state index contributed by atoms with van der Waals surface area (Å²) in [5, 5.41) is 6.99. The van der Waals surface area contributed by atoms with Crippen LogP contribution in [0.15, 0.2) is 29.3 Å². The van der Waals surface area contributed by atoms with Crippen molar-refractivity contribution in [3.8, 4) is 0 Å². The smallest absolute Gasteiger partial charge is 0.191 e. The Morgan fingerprint density at radius 2 is 1.86 bits per heavy atom. The van der Waals surface area contributed by atoms with Gasteiger partial charge in [-0.15, -0.1) is 0 Å². The van der Waals surface area contributed by atoms with Crippen molar-refractivity contribution in [1.82, 2.24) is 20.4 Å². The van der Waals surface area contributed by atoms with E-state index >= 15 is 0 Å². The summed E-state index contributed by atoms with van der Waals surface area (Å²) >= 11 is 0. The molecule has 2 heterocycles. The van der Waals surface area contributed by atoms with Gasteiger partial charge in [0.15, 0.2) is 5.96 Å². The molecular formula is C23H39N5O. The molecule has 0 aromatic heterocycles. The minimum atomic E-state index is 0.711. The molecule has 2 aliphatic heterocycles. The Morgan fingerprint density at radius 3 is 2.62 bits per heavy atom. The van der Waals surface area contributed by atoms with E-state index in [1.165, 1.54) is 43.6 Å². The lowest BCUT2D eigenvalue weighted by Gasteiger charge is -2.27. The molecule has 2 saturated heterocycles. The van der Waals surface area contributed by atoms with E-state index in [1.807, 2.05) is 0 Å². The molecule has 1 unspecified atom stereocenters. The maximum absolute atomic E-state index is 5.48. The topological polar surface area (TPSA) is 52.1 Å². The minimum absolute atomic E-state index is 0.711. The number of nitrogens with zero attached hydrogens (tertiary/aromatic N) is 3. The van der Waals surface area contributed by atoms with E-state index in [-0.39, 0.29) is 0 Å². The summed E-state index contributed by atoms with van der Waals surface area (Å²) in [5.74, 6) is 1.65. The molecule has 0 bridgehead atoms. The highest BCUT2D eigenvalue weighted by Gasteiger charge is 2.21. The van der Waals surface area contributed by atoms with Crippen LogP contribution < -0.4 is 10.6 Å². The van der Waals surface area contributed by atoms with E-state index in [0.717, 1.165) is 57.8 Å². The van der Waals surface area contributed by atoms with Gasteiger partial charge in [0.1, 0.15) is 0 Å². The number of morpholine rings is 1. The van der Waals surface area contributed by atoms with Gasteiger partial charge >= 0.3 is 0 Å². The first-order chi connectivity index (χ1) is 14.3. The lowest BCUT2D eigenvalue weighted by atomic mass is 10.1. The van der Waals surface area contributed by atoms with E-state index in [1.54, 1.807) is 0 Å². The molecule has 1 atom stereocenters. The molecule has 29 heavy (non-hydrogen) atoms. The molecule has 0 amide bonds. The third kappa shape index (κ3) is 7.28. The maximum Gasteiger partial charge on any atom is 0.191 e. The van der Waals surface area contributed by atoms with Gasteiger partial charge in [0.25, 0.3) is 0 Å². The summed E-state index contributed by atoms with van der Waals surface area (Å²) in [5.41, 5.74) is 2.69. The SMILES string of the molecule is CCCN1CCC(CNC(=NCc2ccccc2CN2CCOCC2)NCC)C1. The van der Waals surface area contributed by atoms with Crippen LogP contribution in [0.25, 0.3) is 0 Å². The van der Waals surface area contributed by atoms with Gasteiger partial charge < -0.3 is 20.3 Å². The number of aliphatic imine (C=N–C) groups is 1. The van der Waals surface area contributed by atoms with Crippen LogP contribution >= 0.6 is 0 Å². The molecule has 0 radical (unpaired) electrons. The van der Waals surface area contributed by atoms with Crippen molar-refractivity contribution >= 4 is 5.96 Å². The van der Waals surface area contributed by atoms with Crippen molar-refractivity contribution in [3.05, 3.63) is 35.4 Å². The Balaban J connectivity index is 1.54. The zero-order chi connectivity index (χ0) is 20.3. The summed E-state index contributed by atoms with van der Waals surface area (Å²) in [6.07, 6.45) is 2.53. The molecule has 2 fully saturated rings. The van der Waals surface area contributed by atoms with Crippen LogP contribution in [0, 0.1) is 5.92 Å². The van der Waals surface area contributed by atoms with Gasteiger partial charge in [0.2, 0.25) is 0 Å². The van der Waals surface area contributed by atoms with Crippen molar-refractivity contribution in [3.63, 3.8) is 0 Å². The van der Waals surface area contributed by atoms with Crippen molar-refractivity contribution in [2.24, 2.45) is 10.9 Å². The summed E-state index contributed by atoms with van der Waals surface area (Å²) in [7, 11) is 0. The van der Waals surface area contributed by atoms with Gasteiger partial charge in [0, 0.05) is 39.3 Å². The Hall–Kier alpha value is -1.63. The van der Waals surface area contributed by atoms with Gasteiger partial charge in [-0.05, 0) is 49.9 Å². The highest BCUT2D eigenvalue weighted by Crippen LogP contribution is 2.16. The van der Waals surface area contributed by atoms with Gasteiger partial charge in [-0.2, -0.15) is 0 Å². The molecule has 2 aliphatic rings. The average molecular weight is 402 g/mol. The summed E-state index contributed by atoms with van der Waals surface area (Å²) in [6.45, 7) is 15.3. The zero-order valence-electron chi connectivity index (χ0n) is 18.3. The molecule has 6 nitrogen and oxygen atoms in total. The van der Waals surface area contributed by atoms with Crippen molar-refractivity contribution in [2.75, 3.05) is 59.0 Å². The normalized spacial score (nSPS) is 21.4. The average Bonchev–Trinajstić information content (AvgIpc) is 3.19. The summed E-state index contributed by atoms with van der Waals surface area (Å²) < 4.78 is 5.48. The number of ether oxygens (including phenoxy) is 1. The van der Waals surface area contributed by atoms with Crippen LogP contribution in [0.5, 0.6) is 0 Å². The predicted molar refractivity (Wildman–Crippen MR) is 120 cm³/mol. The highest BCUT2D eigenvalue weighted by molar-refractivity contribution is 5.79. The molecule has 0 aliphatic carbocycles. The zero-order valence-corrected chi connectivity index (χ0v) is 18.3. The first-order valence-corrected chi connectivity index (χ1v) is 11.4. The van der Waals surface area contributed by atoms with Gasteiger partial charge in [-0.25, -0.2) is 4.99 Å². The van der Waals surface area contributed by atoms with E-state index in [2.05, 4.69) is 58.5 Å². The number of hydrogen-bond acceptors (Lipinski definition) is 4. The van der Waals surface area contributed by atoms with E-state index in [9.17, 15) is 0 Å². The van der Waals surface area contributed by atoms with Crippen molar-refractivity contribution < 1.29 is 4.74 Å². The molecule has 162 valence electrons. The fraction of sp³-hybridized carbons (Fsp3) is 0.696. The van der Waals surface area contributed by atoms with Crippen molar-refractivity contribution in [2.45, 2.75) is 39.8 Å². The highest BCUT2D eigenvalue weighted by atomic mass is 16.5. The number of nitrogens with one attached hydrogen (secondary N) is 2. The van der Waals surface area contributed by atoms with Gasteiger partial charge in [-0.3, -0.25) is 4.90 Å². The summed E-state index contributed by atoms with van der Waals surface area (Å²) in [6, 6.07) is 8.70. The third-order valence-electron chi connectivity index (χ3n) is 5.84. The van der Waals surface area contributed by atoms with Crippen LogP contribution in [-0.4, -0.2) is 74.8 Å². The number of benzene rings is 1.